The van der Waals surface area contributed by atoms with Crippen LogP contribution in [0.2, 0.25) is 0 Å². The van der Waals surface area contributed by atoms with E-state index >= 15 is 0 Å². The highest BCUT2D eigenvalue weighted by molar-refractivity contribution is 9.10. The number of amides is 1. The first-order valence-corrected chi connectivity index (χ1v) is 7.10. The Hall–Kier alpha value is -0.880. The average molecular weight is 334 g/mol. The molecule has 0 aromatic carbocycles. The fraction of sp³-hybridized carbons (Fsp3) is 0.500. The number of halogens is 1. The molecule has 1 amide bonds. The van der Waals surface area contributed by atoms with Crippen LogP contribution in [0.5, 0.6) is 0 Å². The minimum Gasteiger partial charge on any atom is -0.481 e. The number of carboxylic acid groups (broad SMARTS) is 1. The number of carbonyl (C=O) groups is 2. The lowest BCUT2D eigenvalue weighted by molar-refractivity contribution is -0.151. The van der Waals surface area contributed by atoms with Gasteiger partial charge in [-0.15, -0.1) is 11.3 Å². The van der Waals surface area contributed by atoms with Crippen molar-refractivity contribution in [3.05, 3.63) is 20.8 Å². The summed E-state index contributed by atoms with van der Waals surface area (Å²) >= 11 is 4.92. The summed E-state index contributed by atoms with van der Waals surface area (Å²) in [6, 6.07) is 1.96. The molecule has 0 fully saturated rings. The SMILES string of the molecule is CN(Cc1cc(Br)cs1)C(=O)CC(C)(C)C(=O)O. The molecule has 0 saturated carbocycles. The van der Waals surface area contributed by atoms with Crippen molar-refractivity contribution in [2.24, 2.45) is 5.41 Å². The molecule has 0 atom stereocenters. The van der Waals surface area contributed by atoms with Crippen molar-refractivity contribution in [2.75, 3.05) is 7.05 Å². The Bertz CT molecular complexity index is 456. The molecule has 0 bridgehead atoms. The zero-order chi connectivity index (χ0) is 13.9. The molecule has 18 heavy (non-hydrogen) atoms. The van der Waals surface area contributed by atoms with Gasteiger partial charge in [0.05, 0.1) is 12.0 Å². The second-order valence-corrected chi connectivity index (χ2v) is 6.76. The van der Waals surface area contributed by atoms with Crippen LogP contribution < -0.4 is 0 Å². The van der Waals surface area contributed by atoms with E-state index in [0.717, 1.165) is 9.35 Å². The molecular formula is C12H16BrNO3S. The van der Waals surface area contributed by atoms with E-state index < -0.39 is 11.4 Å². The molecule has 1 N–H and O–H groups in total. The smallest absolute Gasteiger partial charge is 0.309 e. The molecule has 0 aliphatic heterocycles. The number of carbonyl (C=O) groups excluding carboxylic acids is 1. The molecule has 0 radical (unpaired) electrons. The second-order valence-electron chi connectivity index (χ2n) is 4.85. The quantitative estimate of drug-likeness (QED) is 0.901. The maximum atomic E-state index is 11.9. The van der Waals surface area contributed by atoms with Gasteiger partial charge in [-0.2, -0.15) is 0 Å². The number of thiophene rings is 1. The number of nitrogens with zero attached hydrogens (tertiary/aromatic N) is 1. The standard InChI is InChI=1S/C12H16BrNO3S/c1-12(2,11(16)17)5-10(15)14(3)6-9-4-8(13)7-18-9/h4,7H,5-6H2,1-3H3,(H,16,17). The Labute approximate surface area is 119 Å². The lowest BCUT2D eigenvalue weighted by Gasteiger charge is -2.23. The topological polar surface area (TPSA) is 57.6 Å². The molecule has 6 heteroatoms. The maximum absolute atomic E-state index is 11.9. The molecular weight excluding hydrogens is 318 g/mol. The Morgan fingerprint density at radius 2 is 2.11 bits per heavy atom. The van der Waals surface area contributed by atoms with Gasteiger partial charge < -0.3 is 10.0 Å². The highest BCUT2D eigenvalue weighted by Crippen LogP contribution is 2.24. The van der Waals surface area contributed by atoms with E-state index in [4.69, 9.17) is 5.11 Å². The Kier molecular flexibility index (Phi) is 4.92. The van der Waals surface area contributed by atoms with Crippen LogP contribution in [0.25, 0.3) is 0 Å². The summed E-state index contributed by atoms with van der Waals surface area (Å²) in [5.74, 6) is -1.12. The third-order valence-electron chi connectivity index (χ3n) is 2.61. The van der Waals surface area contributed by atoms with Crippen LogP contribution in [0.3, 0.4) is 0 Å². The number of hydrogen-bond acceptors (Lipinski definition) is 3. The van der Waals surface area contributed by atoms with Crippen LogP contribution in [-0.4, -0.2) is 28.9 Å². The van der Waals surface area contributed by atoms with Crippen molar-refractivity contribution >= 4 is 39.1 Å². The van der Waals surface area contributed by atoms with E-state index in [2.05, 4.69) is 15.9 Å². The predicted molar refractivity (Wildman–Crippen MR) is 74.5 cm³/mol. The zero-order valence-electron chi connectivity index (χ0n) is 10.6. The maximum Gasteiger partial charge on any atom is 0.309 e. The first-order valence-electron chi connectivity index (χ1n) is 5.42. The zero-order valence-corrected chi connectivity index (χ0v) is 13.0. The first-order chi connectivity index (χ1) is 8.22. The number of carboxylic acids is 1. The molecule has 0 aliphatic rings. The molecule has 0 aliphatic carbocycles. The Morgan fingerprint density at radius 1 is 1.50 bits per heavy atom. The molecule has 0 spiro atoms. The third-order valence-corrected chi connectivity index (χ3v) is 4.30. The highest BCUT2D eigenvalue weighted by Gasteiger charge is 2.31. The first kappa shape index (κ1) is 15.2. The lowest BCUT2D eigenvalue weighted by atomic mass is 9.89. The van der Waals surface area contributed by atoms with Gasteiger partial charge in [-0.05, 0) is 35.8 Å². The van der Waals surface area contributed by atoms with Crippen LogP contribution in [0, 0.1) is 5.41 Å². The van der Waals surface area contributed by atoms with E-state index in [1.807, 2.05) is 11.4 Å². The molecule has 1 rings (SSSR count). The van der Waals surface area contributed by atoms with Gasteiger partial charge in [0, 0.05) is 28.2 Å². The summed E-state index contributed by atoms with van der Waals surface area (Å²) in [5.41, 5.74) is -1.03. The van der Waals surface area contributed by atoms with Gasteiger partial charge in [0.1, 0.15) is 0 Å². The number of rotatable bonds is 5. The fourth-order valence-corrected chi connectivity index (χ4v) is 2.85. The van der Waals surface area contributed by atoms with E-state index in [-0.39, 0.29) is 12.3 Å². The van der Waals surface area contributed by atoms with Gasteiger partial charge in [0.15, 0.2) is 0 Å². The second kappa shape index (κ2) is 5.84. The van der Waals surface area contributed by atoms with Crippen molar-refractivity contribution in [1.29, 1.82) is 0 Å². The number of aliphatic carboxylic acids is 1. The molecule has 1 heterocycles. The summed E-state index contributed by atoms with van der Waals surface area (Å²) in [5, 5.41) is 10.9. The van der Waals surface area contributed by atoms with Gasteiger partial charge in [-0.25, -0.2) is 0 Å². The molecule has 1 aromatic heterocycles. The Morgan fingerprint density at radius 3 is 2.56 bits per heavy atom. The van der Waals surface area contributed by atoms with Crippen molar-refractivity contribution in [3.63, 3.8) is 0 Å². The Balaban J connectivity index is 2.59. The van der Waals surface area contributed by atoms with Crippen LogP contribution in [0.15, 0.2) is 15.9 Å². The summed E-state index contributed by atoms with van der Waals surface area (Å²) < 4.78 is 0.995. The third kappa shape index (κ3) is 4.10. The molecule has 0 saturated heterocycles. The molecule has 100 valence electrons. The van der Waals surface area contributed by atoms with Crippen LogP contribution in [0.1, 0.15) is 25.1 Å². The van der Waals surface area contributed by atoms with Crippen molar-refractivity contribution < 1.29 is 14.7 Å². The van der Waals surface area contributed by atoms with Crippen molar-refractivity contribution in [1.82, 2.24) is 4.90 Å². The van der Waals surface area contributed by atoms with Gasteiger partial charge >= 0.3 is 5.97 Å². The summed E-state index contributed by atoms with van der Waals surface area (Å²) in [7, 11) is 1.69. The van der Waals surface area contributed by atoms with E-state index in [1.54, 1.807) is 37.1 Å². The van der Waals surface area contributed by atoms with Crippen LogP contribution in [-0.2, 0) is 16.1 Å². The predicted octanol–water partition coefficient (Wildman–Crippen LogP) is 2.97. The summed E-state index contributed by atoms with van der Waals surface area (Å²) in [4.78, 5) is 25.5. The van der Waals surface area contributed by atoms with Crippen LogP contribution in [0.4, 0.5) is 0 Å². The molecule has 0 unspecified atom stereocenters. The van der Waals surface area contributed by atoms with Gasteiger partial charge in [0.25, 0.3) is 0 Å². The highest BCUT2D eigenvalue weighted by atomic mass is 79.9. The van der Waals surface area contributed by atoms with Crippen LogP contribution >= 0.6 is 27.3 Å². The van der Waals surface area contributed by atoms with E-state index in [9.17, 15) is 9.59 Å². The van der Waals surface area contributed by atoms with Gasteiger partial charge in [0.2, 0.25) is 5.91 Å². The van der Waals surface area contributed by atoms with Gasteiger partial charge in [-0.3, -0.25) is 9.59 Å². The lowest BCUT2D eigenvalue weighted by Crippen LogP contribution is -2.34. The number of hydrogen-bond donors (Lipinski definition) is 1. The molecule has 1 aromatic rings. The normalized spacial score (nSPS) is 11.3. The summed E-state index contributed by atoms with van der Waals surface area (Å²) in [6.07, 6.45) is 0.00534. The van der Waals surface area contributed by atoms with Crippen molar-refractivity contribution in [2.45, 2.75) is 26.8 Å². The van der Waals surface area contributed by atoms with Crippen molar-refractivity contribution in [3.8, 4) is 0 Å². The largest absolute Gasteiger partial charge is 0.481 e. The monoisotopic (exact) mass is 333 g/mol. The average Bonchev–Trinajstić information content (AvgIpc) is 2.63. The van der Waals surface area contributed by atoms with E-state index in [0.29, 0.717) is 6.54 Å². The van der Waals surface area contributed by atoms with E-state index in [1.165, 1.54) is 0 Å². The van der Waals surface area contributed by atoms with Gasteiger partial charge in [-0.1, -0.05) is 0 Å². The minimum absolute atomic E-state index is 0.00534. The fourth-order valence-electron chi connectivity index (χ4n) is 1.35. The minimum atomic E-state index is -1.03. The summed E-state index contributed by atoms with van der Waals surface area (Å²) in [6.45, 7) is 3.62. The molecule has 4 nitrogen and oxygen atoms in total.